The number of aliphatic hydroxyl groups excluding tert-OH is 1. The maximum Gasteiger partial charge on any atom is 0.221 e. The summed E-state index contributed by atoms with van der Waals surface area (Å²) in [5.41, 5.74) is -0.995. The number of hydrogen-bond acceptors (Lipinski definition) is 5. The highest BCUT2D eigenvalue weighted by atomic mass is 16.8. The van der Waals surface area contributed by atoms with Gasteiger partial charge in [0.15, 0.2) is 5.60 Å². The Balaban J connectivity index is 1.92. The second-order valence-corrected chi connectivity index (χ2v) is 8.13. The normalized spacial score (nSPS) is 39.7. The van der Waals surface area contributed by atoms with Crippen LogP contribution in [0.3, 0.4) is 0 Å². The molecule has 2 saturated heterocycles. The van der Waals surface area contributed by atoms with Crippen molar-refractivity contribution in [3.05, 3.63) is 23.8 Å². The van der Waals surface area contributed by atoms with Gasteiger partial charge in [-0.3, -0.25) is 0 Å². The molecule has 0 amide bonds. The molecule has 5 nitrogen and oxygen atoms in total. The van der Waals surface area contributed by atoms with E-state index in [-0.39, 0.29) is 11.5 Å². The monoisotopic (exact) mass is 310 g/mol. The van der Waals surface area contributed by atoms with Crippen molar-refractivity contribution < 1.29 is 24.4 Å². The van der Waals surface area contributed by atoms with Gasteiger partial charge in [0.25, 0.3) is 0 Å². The summed E-state index contributed by atoms with van der Waals surface area (Å²) in [6.45, 7) is 10.6. The lowest BCUT2D eigenvalue weighted by Crippen LogP contribution is -2.58. The van der Waals surface area contributed by atoms with Gasteiger partial charge in [-0.05, 0) is 32.4 Å². The molecule has 124 valence electrons. The molecule has 0 unspecified atom stereocenters. The molecule has 5 heteroatoms. The third-order valence-corrected chi connectivity index (χ3v) is 4.57. The Labute approximate surface area is 131 Å². The van der Waals surface area contributed by atoms with Crippen LogP contribution in [-0.4, -0.2) is 52.6 Å². The second-order valence-electron chi connectivity index (χ2n) is 8.13. The number of ether oxygens (including phenoxy) is 3. The first-order valence-electron chi connectivity index (χ1n) is 7.76. The van der Waals surface area contributed by atoms with Gasteiger partial charge in [0.1, 0.15) is 12.2 Å². The summed E-state index contributed by atoms with van der Waals surface area (Å²) in [5, 5.41) is 20.3. The molecular formula is C17H26O5. The Bertz CT molecular complexity index is 518. The molecule has 3 rings (SSSR count). The molecular weight excluding hydrogens is 284 g/mol. The lowest BCUT2D eigenvalue weighted by atomic mass is 9.81. The summed E-state index contributed by atoms with van der Waals surface area (Å²) in [6.07, 6.45) is 4.09. The smallest absolute Gasteiger partial charge is 0.221 e. The predicted molar refractivity (Wildman–Crippen MR) is 81.2 cm³/mol. The van der Waals surface area contributed by atoms with Gasteiger partial charge in [0, 0.05) is 5.41 Å². The maximum atomic E-state index is 10.4. The zero-order valence-electron chi connectivity index (χ0n) is 13.9. The molecule has 2 heterocycles. The van der Waals surface area contributed by atoms with Crippen molar-refractivity contribution in [1.29, 1.82) is 0 Å². The molecule has 0 bridgehead atoms. The molecule has 0 aromatic rings. The SMILES string of the molecule is CC(C)(O)/C=C/C1=CC2(OCC(C)(C)CO2)[C@]2(C)O[C@@H]2[C@H]1O. The van der Waals surface area contributed by atoms with E-state index in [9.17, 15) is 10.2 Å². The molecule has 0 saturated carbocycles. The van der Waals surface area contributed by atoms with Crippen LogP contribution in [0.5, 0.6) is 0 Å². The van der Waals surface area contributed by atoms with Gasteiger partial charge in [-0.2, -0.15) is 0 Å². The van der Waals surface area contributed by atoms with Crippen LogP contribution in [0.2, 0.25) is 0 Å². The van der Waals surface area contributed by atoms with Crippen molar-refractivity contribution in [1.82, 2.24) is 0 Å². The standard InChI is InChI=1S/C17H26O5/c1-14(2)9-20-17(21-10-14)8-11(6-7-15(3,4)19)12(18)13-16(17,5)22-13/h6-8,12-13,18-19H,9-10H2,1-5H3/b7-6+/t12-,13+,16+/m0/s1. The molecule has 1 spiro atoms. The highest BCUT2D eigenvalue weighted by Crippen LogP contribution is 2.56. The first-order valence-corrected chi connectivity index (χ1v) is 7.76. The number of rotatable bonds is 2. The van der Waals surface area contributed by atoms with Crippen LogP contribution < -0.4 is 0 Å². The Morgan fingerprint density at radius 2 is 1.82 bits per heavy atom. The summed E-state index contributed by atoms with van der Waals surface area (Å²) in [6, 6.07) is 0. The fourth-order valence-electron chi connectivity index (χ4n) is 3.00. The van der Waals surface area contributed by atoms with Crippen molar-refractivity contribution >= 4 is 0 Å². The fraction of sp³-hybridized carbons (Fsp3) is 0.765. The van der Waals surface area contributed by atoms with Crippen LogP contribution in [-0.2, 0) is 14.2 Å². The van der Waals surface area contributed by atoms with E-state index in [0.717, 1.165) is 0 Å². The van der Waals surface area contributed by atoms with Crippen molar-refractivity contribution in [3.8, 4) is 0 Å². The Morgan fingerprint density at radius 3 is 2.36 bits per heavy atom. The van der Waals surface area contributed by atoms with Gasteiger partial charge in [-0.1, -0.05) is 26.0 Å². The number of epoxide rings is 1. The summed E-state index contributed by atoms with van der Waals surface area (Å²) >= 11 is 0. The molecule has 0 aromatic heterocycles. The first kappa shape index (κ1) is 16.1. The van der Waals surface area contributed by atoms with E-state index < -0.39 is 23.1 Å². The van der Waals surface area contributed by atoms with Gasteiger partial charge in [-0.15, -0.1) is 0 Å². The van der Waals surface area contributed by atoms with Crippen LogP contribution in [0.1, 0.15) is 34.6 Å². The zero-order chi connectivity index (χ0) is 16.4. The van der Waals surface area contributed by atoms with E-state index in [0.29, 0.717) is 18.8 Å². The van der Waals surface area contributed by atoms with Gasteiger partial charge in [0.2, 0.25) is 5.79 Å². The molecule has 22 heavy (non-hydrogen) atoms. The van der Waals surface area contributed by atoms with Crippen LogP contribution in [0.25, 0.3) is 0 Å². The second kappa shape index (κ2) is 4.65. The third-order valence-electron chi connectivity index (χ3n) is 4.57. The minimum Gasteiger partial charge on any atom is -0.386 e. The highest BCUT2D eigenvalue weighted by molar-refractivity contribution is 5.39. The van der Waals surface area contributed by atoms with Crippen molar-refractivity contribution in [3.63, 3.8) is 0 Å². The van der Waals surface area contributed by atoms with E-state index in [1.54, 1.807) is 32.1 Å². The highest BCUT2D eigenvalue weighted by Gasteiger charge is 2.73. The Hall–Kier alpha value is -0.720. The summed E-state index contributed by atoms with van der Waals surface area (Å²) < 4.78 is 17.9. The molecule has 1 aliphatic carbocycles. The number of fused-ring (bicyclic) bond motifs is 2. The minimum atomic E-state index is -0.967. The average Bonchev–Trinajstić information content (AvgIpc) is 3.09. The van der Waals surface area contributed by atoms with Gasteiger partial charge in [0.05, 0.1) is 18.8 Å². The molecule has 2 N–H and O–H groups in total. The lowest BCUT2D eigenvalue weighted by Gasteiger charge is -2.46. The van der Waals surface area contributed by atoms with Gasteiger partial charge in [-0.25, -0.2) is 0 Å². The van der Waals surface area contributed by atoms with Crippen molar-refractivity contribution in [2.75, 3.05) is 13.2 Å². The van der Waals surface area contributed by atoms with Crippen LogP contribution in [0, 0.1) is 5.41 Å². The largest absolute Gasteiger partial charge is 0.386 e. The van der Waals surface area contributed by atoms with E-state index >= 15 is 0 Å². The quantitative estimate of drug-likeness (QED) is 0.757. The van der Waals surface area contributed by atoms with Crippen LogP contribution in [0.15, 0.2) is 23.8 Å². The zero-order valence-corrected chi connectivity index (χ0v) is 13.9. The topological polar surface area (TPSA) is 71.5 Å². The predicted octanol–water partition coefficient (Wildman–Crippen LogP) is 1.54. The molecule has 3 aliphatic rings. The number of hydrogen-bond donors (Lipinski definition) is 2. The molecule has 0 aromatic carbocycles. The van der Waals surface area contributed by atoms with Crippen LogP contribution in [0.4, 0.5) is 0 Å². The van der Waals surface area contributed by atoms with E-state index in [1.807, 2.05) is 6.92 Å². The summed E-state index contributed by atoms with van der Waals surface area (Å²) in [5.74, 6) is -0.967. The molecule has 0 radical (unpaired) electrons. The van der Waals surface area contributed by atoms with Crippen molar-refractivity contribution in [2.45, 2.75) is 63.8 Å². The van der Waals surface area contributed by atoms with Gasteiger partial charge < -0.3 is 24.4 Å². The molecule has 3 atom stereocenters. The van der Waals surface area contributed by atoms with Crippen molar-refractivity contribution in [2.24, 2.45) is 5.41 Å². The van der Waals surface area contributed by atoms with Gasteiger partial charge >= 0.3 is 0 Å². The average molecular weight is 310 g/mol. The minimum absolute atomic E-state index is 0.0427. The Morgan fingerprint density at radius 1 is 1.23 bits per heavy atom. The summed E-state index contributed by atoms with van der Waals surface area (Å²) in [7, 11) is 0. The third kappa shape index (κ3) is 2.55. The molecule has 2 aliphatic heterocycles. The summed E-state index contributed by atoms with van der Waals surface area (Å²) in [4.78, 5) is 0. The maximum absolute atomic E-state index is 10.4. The van der Waals surface area contributed by atoms with E-state index in [2.05, 4.69) is 13.8 Å². The van der Waals surface area contributed by atoms with Crippen LogP contribution >= 0.6 is 0 Å². The number of aliphatic hydroxyl groups is 2. The fourth-order valence-corrected chi connectivity index (χ4v) is 3.00. The first-order chi connectivity index (χ1) is 9.98. The van der Waals surface area contributed by atoms with E-state index in [1.165, 1.54) is 0 Å². The molecule has 2 fully saturated rings. The van der Waals surface area contributed by atoms with E-state index in [4.69, 9.17) is 14.2 Å². The lowest BCUT2D eigenvalue weighted by molar-refractivity contribution is -0.298. The Kier molecular flexibility index (Phi) is 3.41.